The average molecular weight is 387 g/mol. The number of hydrogen-bond acceptors (Lipinski definition) is 5. The number of carbonyl (C=O) groups is 1. The SMILES string of the molecule is NS(=O)(=O)c1cc(C(=O)O)c(NCc2ccco2)cc1Cl.[Fe]. The van der Waals surface area contributed by atoms with Crippen molar-refractivity contribution in [3.05, 3.63) is 46.9 Å². The zero-order valence-corrected chi connectivity index (χ0v) is 13.6. The zero-order valence-electron chi connectivity index (χ0n) is 10.9. The third kappa shape index (κ3) is 4.25. The van der Waals surface area contributed by atoms with Gasteiger partial charge in [0.2, 0.25) is 10.0 Å². The van der Waals surface area contributed by atoms with E-state index >= 15 is 0 Å². The van der Waals surface area contributed by atoms with Crippen molar-refractivity contribution in [1.29, 1.82) is 0 Å². The molecule has 0 aliphatic heterocycles. The van der Waals surface area contributed by atoms with E-state index in [9.17, 15) is 13.2 Å². The van der Waals surface area contributed by atoms with Gasteiger partial charge in [0.15, 0.2) is 0 Å². The molecule has 22 heavy (non-hydrogen) atoms. The summed E-state index contributed by atoms with van der Waals surface area (Å²) < 4.78 is 27.8. The maximum absolute atomic E-state index is 11.3. The number of benzene rings is 1. The van der Waals surface area contributed by atoms with Gasteiger partial charge in [0.05, 0.1) is 29.1 Å². The molecule has 0 unspecified atom stereocenters. The Morgan fingerprint density at radius 2 is 2.09 bits per heavy atom. The van der Waals surface area contributed by atoms with Gasteiger partial charge in [-0.2, -0.15) is 0 Å². The number of carboxylic acids is 1. The Labute approximate surface area is 142 Å². The van der Waals surface area contributed by atoms with Crippen LogP contribution in [0.25, 0.3) is 0 Å². The Morgan fingerprint density at radius 3 is 2.59 bits per heavy atom. The van der Waals surface area contributed by atoms with Crippen molar-refractivity contribution in [3.63, 3.8) is 0 Å². The summed E-state index contributed by atoms with van der Waals surface area (Å²) in [5, 5.41) is 16.8. The topological polar surface area (TPSA) is 123 Å². The number of nitrogens with one attached hydrogen (secondary N) is 1. The Bertz CT molecular complexity index is 777. The predicted molar refractivity (Wildman–Crippen MR) is 75.8 cm³/mol. The molecule has 2 aromatic rings. The van der Waals surface area contributed by atoms with Crippen LogP contribution in [-0.4, -0.2) is 19.5 Å². The number of anilines is 1. The molecule has 4 N–H and O–H groups in total. The number of sulfonamides is 1. The molecule has 0 saturated carbocycles. The quantitative estimate of drug-likeness (QED) is 0.674. The van der Waals surface area contributed by atoms with Gasteiger partial charge in [0.25, 0.3) is 0 Å². The first kappa shape index (κ1) is 18.5. The van der Waals surface area contributed by atoms with Gasteiger partial charge < -0.3 is 14.8 Å². The van der Waals surface area contributed by atoms with Crippen LogP contribution in [0.4, 0.5) is 5.69 Å². The van der Waals surface area contributed by atoms with Gasteiger partial charge in [0.1, 0.15) is 10.7 Å². The maximum atomic E-state index is 11.3. The second-order valence-electron chi connectivity index (χ2n) is 4.11. The second-order valence-corrected chi connectivity index (χ2v) is 6.05. The molecule has 0 saturated heterocycles. The minimum Gasteiger partial charge on any atom is -0.478 e. The monoisotopic (exact) mass is 386 g/mol. The van der Waals surface area contributed by atoms with Crippen LogP contribution < -0.4 is 10.5 Å². The fourth-order valence-corrected chi connectivity index (χ4v) is 2.79. The number of primary sulfonamides is 1. The van der Waals surface area contributed by atoms with Crippen LogP contribution in [0.1, 0.15) is 16.1 Å². The number of furan rings is 1. The molecular formula is C12H11ClFeN2O5S. The van der Waals surface area contributed by atoms with Crippen LogP contribution in [0, 0.1) is 0 Å². The molecule has 0 aliphatic carbocycles. The fraction of sp³-hybridized carbons (Fsp3) is 0.0833. The van der Waals surface area contributed by atoms with E-state index < -0.39 is 20.9 Å². The van der Waals surface area contributed by atoms with E-state index in [-0.39, 0.29) is 39.9 Å². The molecule has 2 rings (SSSR count). The van der Waals surface area contributed by atoms with E-state index in [4.69, 9.17) is 26.3 Å². The van der Waals surface area contributed by atoms with Gasteiger partial charge in [-0.1, -0.05) is 11.6 Å². The molecule has 0 aliphatic rings. The molecule has 0 bridgehead atoms. The molecule has 1 aromatic heterocycles. The molecule has 0 atom stereocenters. The summed E-state index contributed by atoms with van der Waals surface area (Å²) in [7, 11) is -4.11. The first-order valence-electron chi connectivity index (χ1n) is 5.65. The Balaban J connectivity index is 0.00000242. The summed E-state index contributed by atoms with van der Waals surface area (Å²) in [4.78, 5) is 10.8. The van der Waals surface area contributed by atoms with Crippen LogP contribution >= 0.6 is 11.6 Å². The van der Waals surface area contributed by atoms with E-state index in [0.717, 1.165) is 6.07 Å². The predicted octanol–water partition coefficient (Wildman–Crippen LogP) is 1.89. The smallest absolute Gasteiger partial charge is 0.337 e. The summed E-state index contributed by atoms with van der Waals surface area (Å²) >= 11 is 5.84. The van der Waals surface area contributed by atoms with Crippen molar-refractivity contribution < 1.29 is 39.8 Å². The molecule has 0 spiro atoms. The van der Waals surface area contributed by atoms with Crippen LogP contribution in [0.5, 0.6) is 0 Å². The van der Waals surface area contributed by atoms with Gasteiger partial charge >= 0.3 is 5.97 Å². The first-order valence-corrected chi connectivity index (χ1v) is 7.57. The second kappa shape index (κ2) is 7.17. The first-order chi connectivity index (χ1) is 9.79. The van der Waals surface area contributed by atoms with E-state index in [2.05, 4.69) is 5.32 Å². The van der Waals surface area contributed by atoms with Crippen molar-refractivity contribution in [2.45, 2.75) is 11.4 Å². The zero-order chi connectivity index (χ0) is 15.6. The van der Waals surface area contributed by atoms with Crippen LogP contribution in [0.15, 0.2) is 39.8 Å². The van der Waals surface area contributed by atoms with Gasteiger partial charge in [-0.3, -0.25) is 0 Å². The molecule has 1 aromatic carbocycles. The molecule has 7 nitrogen and oxygen atoms in total. The van der Waals surface area contributed by atoms with E-state index in [0.29, 0.717) is 5.76 Å². The minimum absolute atomic E-state index is 0. The molecule has 10 heteroatoms. The number of nitrogens with two attached hydrogens (primary N) is 1. The number of carboxylic acid groups (broad SMARTS) is 1. The summed E-state index contributed by atoms with van der Waals surface area (Å²) in [6, 6.07) is 5.51. The third-order valence-corrected chi connectivity index (χ3v) is 4.02. The van der Waals surface area contributed by atoms with Crippen LogP contribution in [-0.2, 0) is 33.6 Å². The molecule has 120 valence electrons. The number of halogens is 1. The fourth-order valence-electron chi connectivity index (χ4n) is 1.69. The summed E-state index contributed by atoms with van der Waals surface area (Å²) in [5.74, 6) is -0.725. The average Bonchev–Trinajstić information content (AvgIpc) is 2.87. The largest absolute Gasteiger partial charge is 0.478 e. The van der Waals surface area contributed by atoms with E-state index in [1.54, 1.807) is 12.1 Å². The van der Waals surface area contributed by atoms with E-state index in [1.165, 1.54) is 12.3 Å². The number of hydrogen-bond donors (Lipinski definition) is 3. The molecular weight excluding hydrogens is 376 g/mol. The van der Waals surface area contributed by atoms with Gasteiger partial charge in [-0.05, 0) is 24.3 Å². The van der Waals surface area contributed by atoms with Crippen LogP contribution in [0.3, 0.4) is 0 Å². The van der Waals surface area contributed by atoms with Gasteiger partial charge in [-0.15, -0.1) is 0 Å². The van der Waals surface area contributed by atoms with Crippen molar-refractivity contribution >= 4 is 33.3 Å². The van der Waals surface area contributed by atoms with Crippen molar-refractivity contribution in [3.8, 4) is 0 Å². The number of rotatable bonds is 5. The molecule has 0 fully saturated rings. The normalized spacial score (nSPS) is 10.8. The van der Waals surface area contributed by atoms with Crippen molar-refractivity contribution in [1.82, 2.24) is 0 Å². The van der Waals surface area contributed by atoms with Gasteiger partial charge in [0, 0.05) is 17.1 Å². The Hall–Kier alpha value is -1.51. The summed E-state index contributed by atoms with van der Waals surface area (Å²) in [5.41, 5.74) is -0.0914. The van der Waals surface area contributed by atoms with Crippen molar-refractivity contribution in [2.24, 2.45) is 5.14 Å². The van der Waals surface area contributed by atoms with Gasteiger partial charge in [-0.25, -0.2) is 18.4 Å². The molecule has 0 amide bonds. The van der Waals surface area contributed by atoms with Crippen LogP contribution in [0.2, 0.25) is 5.02 Å². The molecule has 1 heterocycles. The van der Waals surface area contributed by atoms with Crippen molar-refractivity contribution in [2.75, 3.05) is 5.32 Å². The molecule has 0 radical (unpaired) electrons. The summed E-state index contributed by atoms with van der Waals surface area (Å²) in [6.45, 7) is 0.221. The minimum atomic E-state index is -4.11. The standard InChI is InChI=1S/C12H11ClN2O5S.Fe/c13-9-5-10(15-6-7-2-1-3-20-7)8(12(16)17)4-11(9)21(14,18)19;/h1-5,15H,6H2,(H,16,17)(H2,14,18,19);. The Morgan fingerprint density at radius 1 is 1.41 bits per heavy atom. The maximum Gasteiger partial charge on any atom is 0.337 e. The third-order valence-electron chi connectivity index (χ3n) is 2.64. The Kier molecular flexibility index (Phi) is 6.04. The van der Waals surface area contributed by atoms with E-state index in [1.807, 2.05) is 0 Å². The number of aromatic carboxylic acids is 1. The summed E-state index contributed by atoms with van der Waals surface area (Å²) in [6.07, 6.45) is 1.48.